The summed E-state index contributed by atoms with van der Waals surface area (Å²) in [5.41, 5.74) is 0.834. The summed E-state index contributed by atoms with van der Waals surface area (Å²) in [5, 5.41) is 3.18. The first-order valence-corrected chi connectivity index (χ1v) is 6.26. The minimum atomic E-state index is -0.101. The maximum Gasteiger partial charge on any atom is 0.221 e. The third kappa shape index (κ3) is 3.96. The third-order valence-electron chi connectivity index (χ3n) is 2.30. The van der Waals surface area contributed by atoms with Crippen LogP contribution in [0.3, 0.4) is 0 Å². The van der Waals surface area contributed by atoms with E-state index in [1.165, 1.54) is 14.2 Å². The Morgan fingerprint density at radius 1 is 1.33 bits per heavy atom. The van der Waals surface area contributed by atoms with Crippen LogP contribution in [0.5, 0.6) is 11.5 Å². The Bertz CT molecular complexity index is 424. The van der Waals surface area contributed by atoms with Crippen LogP contribution in [0.15, 0.2) is 12.1 Å². The number of hydrogen-bond acceptors (Lipinski definition) is 3. The van der Waals surface area contributed by atoms with E-state index in [0.29, 0.717) is 35.4 Å². The van der Waals surface area contributed by atoms with E-state index in [4.69, 9.17) is 32.7 Å². The first kappa shape index (κ1) is 14.9. The van der Waals surface area contributed by atoms with Gasteiger partial charge in [-0.05, 0) is 17.7 Å². The zero-order valence-electron chi connectivity index (χ0n) is 10.3. The van der Waals surface area contributed by atoms with Crippen LogP contribution >= 0.6 is 23.2 Å². The van der Waals surface area contributed by atoms with Gasteiger partial charge in [0.25, 0.3) is 0 Å². The predicted octanol–water partition coefficient (Wildman–Crippen LogP) is 2.60. The summed E-state index contributed by atoms with van der Waals surface area (Å²) >= 11 is 11.5. The highest BCUT2D eigenvalue weighted by molar-refractivity contribution is 6.32. The van der Waals surface area contributed by atoms with Gasteiger partial charge < -0.3 is 14.8 Å². The molecule has 0 unspecified atom stereocenters. The smallest absolute Gasteiger partial charge is 0.221 e. The molecule has 0 aliphatic carbocycles. The molecule has 0 heterocycles. The maximum atomic E-state index is 11.3. The van der Waals surface area contributed by atoms with Crippen LogP contribution in [0.2, 0.25) is 5.02 Å². The van der Waals surface area contributed by atoms with Crippen LogP contribution in [0.1, 0.15) is 12.0 Å². The zero-order chi connectivity index (χ0) is 13.5. The second kappa shape index (κ2) is 7.34. The number of methoxy groups -OCH3 is 2. The Morgan fingerprint density at radius 2 is 2.06 bits per heavy atom. The molecule has 0 aliphatic rings. The molecule has 0 saturated heterocycles. The van der Waals surface area contributed by atoms with E-state index >= 15 is 0 Å². The molecule has 1 N–H and O–H groups in total. The Hall–Kier alpha value is -1.13. The minimum absolute atomic E-state index is 0.101. The lowest BCUT2D eigenvalue weighted by molar-refractivity contribution is -0.120. The standard InChI is InChI=1S/C12H15Cl2NO3/c1-17-10-6-8(5-9(14)12(10)18-2)7-15-11(16)3-4-13/h5-6H,3-4,7H2,1-2H3,(H,15,16). The van der Waals surface area contributed by atoms with Gasteiger partial charge in [0.15, 0.2) is 11.5 Å². The number of hydrogen-bond donors (Lipinski definition) is 1. The number of rotatable bonds is 6. The molecule has 0 aliphatic heterocycles. The molecule has 4 nitrogen and oxygen atoms in total. The first-order chi connectivity index (χ1) is 8.62. The summed E-state index contributed by atoms with van der Waals surface area (Å²) in [4.78, 5) is 11.3. The van der Waals surface area contributed by atoms with Gasteiger partial charge in [0.05, 0.1) is 19.2 Å². The van der Waals surface area contributed by atoms with Gasteiger partial charge in [0.1, 0.15) is 0 Å². The normalized spacial score (nSPS) is 10.0. The van der Waals surface area contributed by atoms with Crippen molar-refractivity contribution >= 4 is 29.1 Å². The summed E-state index contributed by atoms with van der Waals surface area (Å²) in [6.07, 6.45) is 0.294. The van der Waals surface area contributed by atoms with E-state index in [9.17, 15) is 4.79 Å². The van der Waals surface area contributed by atoms with E-state index in [1.807, 2.05) is 0 Å². The van der Waals surface area contributed by atoms with Crippen molar-refractivity contribution in [3.8, 4) is 11.5 Å². The van der Waals surface area contributed by atoms with Gasteiger partial charge in [-0.25, -0.2) is 0 Å². The van der Waals surface area contributed by atoms with E-state index in [2.05, 4.69) is 5.32 Å². The van der Waals surface area contributed by atoms with Crippen molar-refractivity contribution in [2.24, 2.45) is 0 Å². The van der Waals surface area contributed by atoms with Crippen LogP contribution in [0.4, 0.5) is 0 Å². The number of amides is 1. The van der Waals surface area contributed by atoms with E-state index in [-0.39, 0.29) is 5.91 Å². The molecular formula is C12H15Cl2NO3. The maximum absolute atomic E-state index is 11.3. The fourth-order valence-corrected chi connectivity index (χ4v) is 1.93. The molecular weight excluding hydrogens is 277 g/mol. The van der Waals surface area contributed by atoms with Crippen LogP contribution in [-0.2, 0) is 11.3 Å². The number of carbonyl (C=O) groups is 1. The van der Waals surface area contributed by atoms with Crippen LogP contribution in [-0.4, -0.2) is 26.0 Å². The summed E-state index contributed by atoms with van der Waals surface area (Å²) in [7, 11) is 3.05. The topological polar surface area (TPSA) is 47.6 Å². The lowest BCUT2D eigenvalue weighted by Gasteiger charge is -2.12. The summed E-state index contributed by atoms with van der Waals surface area (Å²) in [6, 6.07) is 3.50. The average molecular weight is 292 g/mol. The van der Waals surface area contributed by atoms with E-state index < -0.39 is 0 Å². The SMILES string of the molecule is COc1cc(CNC(=O)CCCl)cc(Cl)c1OC. The second-order valence-electron chi connectivity index (χ2n) is 3.53. The predicted molar refractivity (Wildman–Crippen MR) is 71.7 cm³/mol. The van der Waals surface area contributed by atoms with E-state index in [1.54, 1.807) is 12.1 Å². The fourth-order valence-electron chi connectivity index (χ4n) is 1.45. The molecule has 100 valence electrons. The molecule has 1 aromatic rings. The van der Waals surface area contributed by atoms with Crippen LogP contribution in [0.25, 0.3) is 0 Å². The second-order valence-corrected chi connectivity index (χ2v) is 4.31. The number of alkyl halides is 1. The van der Waals surface area contributed by atoms with Crippen molar-refractivity contribution in [2.45, 2.75) is 13.0 Å². The number of halogens is 2. The highest BCUT2D eigenvalue weighted by Gasteiger charge is 2.11. The highest BCUT2D eigenvalue weighted by Crippen LogP contribution is 2.35. The molecule has 0 atom stereocenters. The van der Waals surface area contributed by atoms with Crippen molar-refractivity contribution in [2.75, 3.05) is 20.1 Å². The van der Waals surface area contributed by atoms with Gasteiger partial charge in [0, 0.05) is 18.8 Å². The molecule has 0 saturated carbocycles. The lowest BCUT2D eigenvalue weighted by Crippen LogP contribution is -2.22. The Labute approximate surface area is 116 Å². The summed E-state index contributed by atoms with van der Waals surface area (Å²) < 4.78 is 10.3. The van der Waals surface area contributed by atoms with Gasteiger partial charge in [0.2, 0.25) is 5.91 Å². The molecule has 1 rings (SSSR count). The quantitative estimate of drug-likeness (QED) is 0.820. The molecule has 18 heavy (non-hydrogen) atoms. The number of nitrogens with one attached hydrogen (secondary N) is 1. The number of carbonyl (C=O) groups excluding carboxylic acids is 1. The van der Waals surface area contributed by atoms with Crippen molar-refractivity contribution in [1.29, 1.82) is 0 Å². The molecule has 0 spiro atoms. The van der Waals surface area contributed by atoms with Crippen LogP contribution in [0, 0.1) is 0 Å². The molecule has 0 aromatic heterocycles. The van der Waals surface area contributed by atoms with Gasteiger partial charge in [-0.1, -0.05) is 11.6 Å². The van der Waals surface area contributed by atoms with Crippen molar-refractivity contribution < 1.29 is 14.3 Å². The first-order valence-electron chi connectivity index (χ1n) is 5.35. The van der Waals surface area contributed by atoms with Crippen molar-refractivity contribution in [3.63, 3.8) is 0 Å². The van der Waals surface area contributed by atoms with Gasteiger partial charge in [-0.2, -0.15) is 0 Å². The van der Waals surface area contributed by atoms with Gasteiger partial charge >= 0.3 is 0 Å². The monoisotopic (exact) mass is 291 g/mol. The molecule has 0 radical (unpaired) electrons. The molecule has 0 fully saturated rings. The van der Waals surface area contributed by atoms with Crippen molar-refractivity contribution in [3.05, 3.63) is 22.7 Å². The molecule has 1 aromatic carbocycles. The molecule has 1 amide bonds. The van der Waals surface area contributed by atoms with E-state index in [0.717, 1.165) is 5.56 Å². The molecule has 0 bridgehead atoms. The highest BCUT2D eigenvalue weighted by atomic mass is 35.5. The number of benzene rings is 1. The van der Waals surface area contributed by atoms with Crippen molar-refractivity contribution in [1.82, 2.24) is 5.32 Å². The Kier molecular flexibility index (Phi) is 6.09. The number of ether oxygens (including phenoxy) is 2. The zero-order valence-corrected chi connectivity index (χ0v) is 11.8. The Morgan fingerprint density at radius 3 is 2.61 bits per heavy atom. The van der Waals surface area contributed by atoms with Crippen LogP contribution < -0.4 is 14.8 Å². The minimum Gasteiger partial charge on any atom is -0.493 e. The fraction of sp³-hybridized carbons (Fsp3) is 0.417. The van der Waals surface area contributed by atoms with Gasteiger partial charge in [-0.3, -0.25) is 4.79 Å². The van der Waals surface area contributed by atoms with Gasteiger partial charge in [-0.15, -0.1) is 11.6 Å². The lowest BCUT2D eigenvalue weighted by atomic mass is 10.2. The Balaban J connectivity index is 2.78. The third-order valence-corrected chi connectivity index (χ3v) is 2.77. The average Bonchev–Trinajstić information content (AvgIpc) is 2.36. The molecule has 6 heteroatoms. The summed E-state index contributed by atoms with van der Waals surface area (Å²) in [6.45, 7) is 0.371. The summed E-state index contributed by atoms with van der Waals surface area (Å²) in [5.74, 6) is 1.22. The largest absolute Gasteiger partial charge is 0.493 e.